The maximum atomic E-state index is 10.9. The minimum Gasteiger partial charge on any atom is -0.478 e. The van der Waals surface area contributed by atoms with Crippen LogP contribution in [0.15, 0.2) is 30.3 Å². The number of pyridine rings is 1. The highest BCUT2D eigenvalue weighted by molar-refractivity contribution is 5.87. The molecule has 0 saturated carbocycles. The highest BCUT2D eigenvalue weighted by atomic mass is 16.5. The standard InChI is InChI=1S/C15H13NO4/c1-9-7-14(16-10(2)13(9)8-17)20-12-5-3-11(4-6-12)15(18)19/h3-8H,1-2H3,(H,18,19). The minimum absolute atomic E-state index is 0.189. The molecule has 0 unspecified atom stereocenters. The lowest BCUT2D eigenvalue weighted by atomic mass is 10.1. The molecule has 20 heavy (non-hydrogen) atoms. The number of carboxylic acids is 1. The molecule has 0 aliphatic carbocycles. The zero-order valence-corrected chi connectivity index (χ0v) is 11.1. The Labute approximate surface area is 115 Å². The van der Waals surface area contributed by atoms with Gasteiger partial charge in [0.05, 0.1) is 11.3 Å². The molecule has 0 spiro atoms. The molecule has 0 amide bonds. The lowest BCUT2D eigenvalue weighted by Crippen LogP contribution is -1.99. The number of aryl methyl sites for hydroxylation is 2. The molecule has 0 saturated heterocycles. The van der Waals surface area contributed by atoms with Gasteiger partial charge in [-0.3, -0.25) is 4.79 Å². The first kappa shape index (κ1) is 13.7. The van der Waals surface area contributed by atoms with E-state index in [0.29, 0.717) is 22.9 Å². The molecule has 102 valence electrons. The van der Waals surface area contributed by atoms with Gasteiger partial charge in [0, 0.05) is 11.6 Å². The zero-order valence-electron chi connectivity index (χ0n) is 11.1. The number of aromatic nitrogens is 1. The van der Waals surface area contributed by atoms with Crippen molar-refractivity contribution in [1.29, 1.82) is 0 Å². The quantitative estimate of drug-likeness (QED) is 0.865. The molecule has 5 nitrogen and oxygen atoms in total. The summed E-state index contributed by atoms with van der Waals surface area (Å²) in [6.07, 6.45) is 0.767. The predicted octanol–water partition coefficient (Wildman–Crippen LogP) is 3.00. The first-order chi connectivity index (χ1) is 9.51. The van der Waals surface area contributed by atoms with Crippen LogP contribution < -0.4 is 4.74 Å². The number of rotatable bonds is 4. The van der Waals surface area contributed by atoms with E-state index >= 15 is 0 Å². The SMILES string of the molecule is Cc1cc(Oc2ccc(C(=O)O)cc2)nc(C)c1C=O. The fourth-order valence-corrected chi connectivity index (χ4v) is 1.82. The summed E-state index contributed by atoms with van der Waals surface area (Å²) in [6, 6.07) is 7.70. The van der Waals surface area contributed by atoms with E-state index in [1.165, 1.54) is 12.1 Å². The van der Waals surface area contributed by atoms with Crippen molar-refractivity contribution in [3.63, 3.8) is 0 Å². The van der Waals surface area contributed by atoms with E-state index in [0.717, 1.165) is 11.8 Å². The molecule has 1 aromatic heterocycles. The summed E-state index contributed by atoms with van der Waals surface area (Å²) >= 11 is 0. The number of aromatic carboxylic acids is 1. The molecule has 2 aromatic rings. The summed E-state index contributed by atoms with van der Waals surface area (Å²) in [5.41, 5.74) is 2.12. The van der Waals surface area contributed by atoms with Gasteiger partial charge in [0.15, 0.2) is 6.29 Å². The Balaban J connectivity index is 2.26. The van der Waals surface area contributed by atoms with Crippen molar-refractivity contribution in [2.45, 2.75) is 13.8 Å². The van der Waals surface area contributed by atoms with E-state index in [1.54, 1.807) is 32.0 Å². The van der Waals surface area contributed by atoms with Gasteiger partial charge >= 0.3 is 5.97 Å². The Morgan fingerprint density at radius 2 is 1.90 bits per heavy atom. The Morgan fingerprint density at radius 3 is 2.40 bits per heavy atom. The second kappa shape index (κ2) is 5.52. The van der Waals surface area contributed by atoms with Gasteiger partial charge in [-0.1, -0.05) is 0 Å². The van der Waals surface area contributed by atoms with Gasteiger partial charge < -0.3 is 9.84 Å². The molecular weight excluding hydrogens is 258 g/mol. The number of carboxylic acid groups (broad SMARTS) is 1. The van der Waals surface area contributed by atoms with Crippen molar-refractivity contribution >= 4 is 12.3 Å². The molecule has 1 heterocycles. The number of nitrogens with zero attached hydrogens (tertiary/aromatic N) is 1. The van der Waals surface area contributed by atoms with Crippen molar-refractivity contribution in [3.05, 3.63) is 52.7 Å². The van der Waals surface area contributed by atoms with Crippen molar-refractivity contribution in [3.8, 4) is 11.6 Å². The number of benzene rings is 1. The fourth-order valence-electron chi connectivity index (χ4n) is 1.82. The fraction of sp³-hybridized carbons (Fsp3) is 0.133. The summed E-state index contributed by atoms with van der Waals surface area (Å²) in [7, 11) is 0. The topological polar surface area (TPSA) is 76.5 Å². The van der Waals surface area contributed by atoms with Gasteiger partial charge in [-0.15, -0.1) is 0 Å². The van der Waals surface area contributed by atoms with Crippen LogP contribution in [-0.2, 0) is 0 Å². The lowest BCUT2D eigenvalue weighted by molar-refractivity contribution is 0.0696. The zero-order chi connectivity index (χ0) is 14.7. The molecular formula is C15H13NO4. The molecule has 0 radical (unpaired) electrons. The molecule has 0 atom stereocenters. The minimum atomic E-state index is -0.989. The summed E-state index contributed by atoms with van der Waals surface area (Å²) in [5, 5.41) is 8.81. The van der Waals surface area contributed by atoms with Gasteiger partial charge in [0.1, 0.15) is 5.75 Å². The molecule has 0 bridgehead atoms. The van der Waals surface area contributed by atoms with Gasteiger partial charge in [0.2, 0.25) is 5.88 Å². The third-order valence-electron chi connectivity index (χ3n) is 2.87. The number of hydrogen-bond donors (Lipinski definition) is 1. The Kier molecular flexibility index (Phi) is 3.79. The number of carbonyl (C=O) groups excluding carboxylic acids is 1. The second-order valence-corrected chi connectivity index (χ2v) is 4.33. The van der Waals surface area contributed by atoms with Crippen LogP contribution in [-0.4, -0.2) is 22.3 Å². The molecule has 0 fully saturated rings. The monoisotopic (exact) mass is 271 g/mol. The smallest absolute Gasteiger partial charge is 0.335 e. The first-order valence-corrected chi connectivity index (χ1v) is 5.96. The van der Waals surface area contributed by atoms with E-state index in [9.17, 15) is 9.59 Å². The number of ether oxygens (including phenoxy) is 1. The van der Waals surface area contributed by atoms with Crippen LogP contribution in [0.25, 0.3) is 0 Å². The maximum absolute atomic E-state index is 10.9. The Bertz CT molecular complexity index is 639. The van der Waals surface area contributed by atoms with Crippen LogP contribution >= 0.6 is 0 Å². The highest BCUT2D eigenvalue weighted by Crippen LogP contribution is 2.23. The second-order valence-electron chi connectivity index (χ2n) is 4.33. The summed E-state index contributed by atoms with van der Waals surface area (Å²) in [4.78, 5) is 25.8. The Morgan fingerprint density at radius 1 is 1.25 bits per heavy atom. The van der Waals surface area contributed by atoms with Crippen molar-refractivity contribution in [1.82, 2.24) is 4.98 Å². The third-order valence-corrected chi connectivity index (χ3v) is 2.87. The molecule has 0 aliphatic rings. The van der Waals surface area contributed by atoms with Gasteiger partial charge in [-0.05, 0) is 43.7 Å². The van der Waals surface area contributed by atoms with Crippen LogP contribution in [0.4, 0.5) is 0 Å². The Hall–Kier alpha value is -2.69. The van der Waals surface area contributed by atoms with E-state index in [1.807, 2.05) is 0 Å². The molecule has 5 heteroatoms. The third kappa shape index (κ3) is 2.83. The molecule has 1 aromatic carbocycles. The average Bonchev–Trinajstić information content (AvgIpc) is 2.39. The van der Waals surface area contributed by atoms with E-state index < -0.39 is 5.97 Å². The number of carbonyl (C=O) groups is 2. The lowest BCUT2D eigenvalue weighted by Gasteiger charge is -2.09. The van der Waals surface area contributed by atoms with Crippen LogP contribution in [0.3, 0.4) is 0 Å². The number of hydrogen-bond acceptors (Lipinski definition) is 4. The molecule has 2 rings (SSSR count). The first-order valence-electron chi connectivity index (χ1n) is 5.96. The largest absolute Gasteiger partial charge is 0.478 e. The van der Waals surface area contributed by atoms with Crippen LogP contribution in [0.1, 0.15) is 32.0 Å². The average molecular weight is 271 g/mol. The van der Waals surface area contributed by atoms with Crippen LogP contribution in [0, 0.1) is 13.8 Å². The predicted molar refractivity (Wildman–Crippen MR) is 72.6 cm³/mol. The highest BCUT2D eigenvalue weighted by Gasteiger charge is 2.08. The van der Waals surface area contributed by atoms with Gasteiger partial charge in [-0.2, -0.15) is 0 Å². The normalized spacial score (nSPS) is 10.1. The van der Waals surface area contributed by atoms with Gasteiger partial charge in [0.25, 0.3) is 0 Å². The van der Waals surface area contributed by atoms with Crippen LogP contribution in [0.5, 0.6) is 11.6 Å². The molecule has 0 aliphatic heterocycles. The summed E-state index contributed by atoms with van der Waals surface area (Å²) in [6.45, 7) is 3.54. The van der Waals surface area contributed by atoms with E-state index in [-0.39, 0.29) is 5.56 Å². The summed E-state index contributed by atoms with van der Waals surface area (Å²) in [5.74, 6) is -0.134. The van der Waals surface area contributed by atoms with E-state index in [2.05, 4.69) is 4.98 Å². The summed E-state index contributed by atoms with van der Waals surface area (Å²) < 4.78 is 5.55. The molecule has 1 N–H and O–H groups in total. The van der Waals surface area contributed by atoms with Crippen molar-refractivity contribution in [2.75, 3.05) is 0 Å². The number of aldehydes is 1. The van der Waals surface area contributed by atoms with Crippen molar-refractivity contribution in [2.24, 2.45) is 0 Å². The van der Waals surface area contributed by atoms with E-state index in [4.69, 9.17) is 9.84 Å². The van der Waals surface area contributed by atoms with Crippen molar-refractivity contribution < 1.29 is 19.4 Å². The maximum Gasteiger partial charge on any atom is 0.335 e. The van der Waals surface area contributed by atoms with Gasteiger partial charge in [-0.25, -0.2) is 9.78 Å². The van der Waals surface area contributed by atoms with Crippen LogP contribution in [0.2, 0.25) is 0 Å².